The molecule has 1 aromatic heterocycles. The first kappa shape index (κ1) is 30.0. The highest BCUT2D eigenvalue weighted by molar-refractivity contribution is 8.05. The zero-order chi connectivity index (χ0) is 30.3. The molecular weight excluding hydrogens is 604 g/mol. The second-order valence-corrected chi connectivity index (χ2v) is 12.2. The minimum absolute atomic E-state index is 0.186. The number of nitriles is 1. The molecule has 3 aromatic carbocycles. The lowest BCUT2D eigenvalue weighted by Crippen LogP contribution is -2.30. The first-order chi connectivity index (χ1) is 20.9. The molecule has 5 rings (SSSR count). The van der Waals surface area contributed by atoms with Crippen LogP contribution in [-0.2, 0) is 27.2 Å². The van der Waals surface area contributed by atoms with Gasteiger partial charge in [-0.05, 0) is 60.9 Å². The molecule has 0 radical (unpaired) electrons. The summed E-state index contributed by atoms with van der Waals surface area (Å²) in [6.07, 6.45) is 2.60. The largest absolute Gasteiger partial charge is 0.462 e. The fraction of sp³-hybridized carbons (Fsp3) is 0.156. The van der Waals surface area contributed by atoms with Gasteiger partial charge in [0.1, 0.15) is 16.7 Å². The summed E-state index contributed by atoms with van der Waals surface area (Å²) in [6.45, 7) is 2.02. The Morgan fingerprint density at radius 1 is 1.07 bits per heavy atom. The van der Waals surface area contributed by atoms with Crippen LogP contribution in [0.4, 0.5) is 10.8 Å². The van der Waals surface area contributed by atoms with Crippen LogP contribution in [0.5, 0.6) is 0 Å². The molecule has 0 bridgehead atoms. The monoisotopic (exact) mass is 628 g/mol. The van der Waals surface area contributed by atoms with E-state index in [2.05, 4.69) is 10.3 Å². The summed E-state index contributed by atoms with van der Waals surface area (Å²) < 4.78 is 5.04. The molecule has 1 N–H and O–H groups in total. The summed E-state index contributed by atoms with van der Waals surface area (Å²) in [5, 5.41) is 13.5. The van der Waals surface area contributed by atoms with E-state index in [9.17, 15) is 19.6 Å². The van der Waals surface area contributed by atoms with Crippen molar-refractivity contribution in [1.29, 1.82) is 5.26 Å². The number of halogens is 1. The Bertz CT molecular complexity index is 1730. The van der Waals surface area contributed by atoms with Gasteiger partial charge in [0, 0.05) is 28.2 Å². The summed E-state index contributed by atoms with van der Waals surface area (Å²) in [7, 11) is 0. The molecule has 0 spiro atoms. The van der Waals surface area contributed by atoms with E-state index in [1.54, 1.807) is 67.7 Å². The van der Waals surface area contributed by atoms with Gasteiger partial charge in [-0.1, -0.05) is 65.8 Å². The molecular formula is C32H25ClN4O4S2. The van der Waals surface area contributed by atoms with E-state index in [4.69, 9.17) is 16.3 Å². The predicted molar refractivity (Wildman–Crippen MR) is 169 cm³/mol. The summed E-state index contributed by atoms with van der Waals surface area (Å²) in [5.41, 5.74) is 2.62. The van der Waals surface area contributed by atoms with E-state index < -0.39 is 17.1 Å². The van der Waals surface area contributed by atoms with Crippen LogP contribution in [0.15, 0.2) is 95.7 Å². The number of aromatic nitrogens is 1. The van der Waals surface area contributed by atoms with Crippen LogP contribution in [0.3, 0.4) is 0 Å². The van der Waals surface area contributed by atoms with Gasteiger partial charge in [-0.25, -0.2) is 9.78 Å². The standard InChI is InChI=1S/C32H25ClN4O4S2/c1-2-41-31(40)22-13-11-20(12-14-22)17-27-29(39)37(24-9-4-3-5-10-24)30(43-27)26(18-34)28(38)36-32-35-19-25(42-32)16-21-7-6-8-23(33)15-21/h3-15,19,27H,2,16-17H2,1H3,(H,35,36,38)/b30-26-/t27-/m1/s1. The highest BCUT2D eigenvalue weighted by Crippen LogP contribution is 2.42. The van der Waals surface area contributed by atoms with Crippen LogP contribution in [0.1, 0.15) is 33.3 Å². The molecule has 11 heteroatoms. The van der Waals surface area contributed by atoms with Gasteiger partial charge in [-0.3, -0.25) is 19.8 Å². The van der Waals surface area contributed by atoms with Crippen molar-refractivity contribution in [2.45, 2.75) is 25.0 Å². The number of ether oxygens (including phenoxy) is 1. The second-order valence-electron chi connectivity index (χ2n) is 9.42. The maximum Gasteiger partial charge on any atom is 0.338 e. The van der Waals surface area contributed by atoms with Crippen molar-refractivity contribution in [1.82, 2.24) is 4.98 Å². The third kappa shape index (κ3) is 7.14. The zero-order valence-electron chi connectivity index (χ0n) is 23.0. The molecule has 0 aliphatic carbocycles. The van der Waals surface area contributed by atoms with Crippen LogP contribution in [0, 0.1) is 11.3 Å². The lowest BCUT2D eigenvalue weighted by molar-refractivity contribution is -0.117. The van der Waals surface area contributed by atoms with Gasteiger partial charge < -0.3 is 4.74 Å². The molecule has 4 aromatic rings. The minimum atomic E-state index is -0.651. The number of thioether (sulfide) groups is 1. The van der Waals surface area contributed by atoms with Gasteiger partial charge in [0.2, 0.25) is 5.91 Å². The SMILES string of the molecule is CCOC(=O)c1ccc(C[C@H]2S/C(=C(/C#N)C(=O)Nc3ncc(Cc4cccc(Cl)c4)s3)N(c3ccccc3)C2=O)cc1. The molecule has 2 amide bonds. The molecule has 0 unspecified atom stereocenters. The Hall–Kier alpha value is -4.43. The van der Waals surface area contributed by atoms with Crippen LogP contribution in [0.25, 0.3) is 0 Å². The van der Waals surface area contributed by atoms with E-state index in [-0.39, 0.29) is 23.1 Å². The van der Waals surface area contributed by atoms with Crippen molar-refractivity contribution >= 4 is 63.3 Å². The topological polar surface area (TPSA) is 112 Å². The molecule has 1 saturated heterocycles. The van der Waals surface area contributed by atoms with Gasteiger partial charge in [0.25, 0.3) is 5.91 Å². The molecule has 8 nitrogen and oxygen atoms in total. The molecule has 0 saturated carbocycles. The first-order valence-electron chi connectivity index (χ1n) is 13.3. The average molecular weight is 629 g/mol. The van der Waals surface area contributed by atoms with Crippen molar-refractivity contribution in [2.75, 3.05) is 16.8 Å². The van der Waals surface area contributed by atoms with Gasteiger partial charge >= 0.3 is 5.97 Å². The number of hydrogen-bond donors (Lipinski definition) is 1. The maximum atomic E-state index is 13.7. The third-order valence-electron chi connectivity index (χ3n) is 6.45. The van der Waals surface area contributed by atoms with Crippen molar-refractivity contribution in [3.8, 4) is 6.07 Å². The summed E-state index contributed by atoms with van der Waals surface area (Å²) in [5.74, 6) is -1.32. The van der Waals surface area contributed by atoms with Crippen molar-refractivity contribution in [3.05, 3.63) is 122 Å². The molecule has 2 heterocycles. The van der Waals surface area contributed by atoms with E-state index >= 15 is 0 Å². The Kier molecular flexibility index (Phi) is 9.57. The Morgan fingerprint density at radius 2 is 1.84 bits per heavy atom. The average Bonchev–Trinajstić information content (AvgIpc) is 3.57. The summed E-state index contributed by atoms with van der Waals surface area (Å²) >= 11 is 8.56. The number of benzene rings is 3. The Morgan fingerprint density at radius 3 is 2.53 bits per heavy atom. The second kappa shape index (κ2) is 13.7. The molecule has 43 heavy (non-hydrogen) atoms. The number of amides is 2. The number of nitrogens with one attached hydrogen (secondary N) is 1. The first-order valence-corrected chi connectivity index (χ1v) is 15.4. The number of thiazole rings is 1. The quantitative estimate of drug-likeness (QED) is 0.126. The summed E-state index contributed by atoms with van der Waals surface area (Å²) in [4.78, 5) is 45.8. The van der Waals surface area contributed by atoms with Crippen LogP contribution in [-0.4, -0.2) is 34.6 Å². The van der Waals surface area contributed by atoms with Crippen molar-refractivity contribution < 1.29 is 19.1 Å². The lowest BCUT2D eigenvalue weighted by atomic mass is 10.1. The predicted octanol–water partition coefficient (Wildman–Crippen LogP) is 6.63. The Labute approximate surface area is 262 Å². The lowest BCUT2D eigenvalue weighted by Gasteiger charge is -2.18. The number of esters is 1. The van der Waals surface area contributed by atoms with E-state index in [1.807, 2.05) is 30.3 Å². The molecule has 216 valence electrons. The van der Waals surface area contributed by atoms with Crippen LogP contribution < -0.4 is 10.2 Å². The molecule has 1 aliphatic heterocycles. The summed E-state index contributed by atoms with van der Waals surface area (Å²) in [6, 6.07) is 25.3. The normalized spacial score (nSPS) is 15.6. The van der Waals surface area contributed by atoms with Gasteiger partial charge in [0.15, 0.2) is 5.13 Å². The number of carbonyl (C=O) groups excluding carboxylic acids is 3. The highest BCUT2D eigenvalue weighted by atomic mass is 35.5. The van der Waals surface area contributed by atoms with E-state index in [0.717, 1.165) is 16.0 Å². The number of hydrogen-bond acceptors (Lipinski definition) is 8. The fourth-order valence-corrected chi connectivity index (χ4v) is 6.82. The molecule has 1 atom stereocenters. The maximum absolute atomic E-state index is 13.7. The smallest absolute Gasteiger partial charge is 0.338 e. The zero-order valence-corrected chi connectivity index (χ0v) is 25.3. The van der Waals surface area contributed by atoms with E-state index in [0.29, 0.717) is 34.2 Å². The third-order valence-corrected chi connectivity index (χ3v) is 8.86. The Balaban J connectivity index is 1.38. The van der Waals surface area contributed by atoms with Gasteiger partial charge in [-0.2, -0.15) is 5.26 Å². The number of carbonyl (C=O) groups is 3. The molecule has 1 aliphatic rings. The molecule has 1 fully saturated rings. The van der Waals surface area contributed by atoms with Crippen LogP contribution >= 0.6 is 34.7 Å². The fourth-order valence-electron chi connectivity index (χ4n) is 4.46. The van der Waals surface area contributed by atoms with Gasteiger partial charge in [-0.15, -0.1) is 11.3 Å². The van der Waals surface area contributed by atoms with Crippen molar-refractivity contribution in [2.24, 2.45) is 0 Å². The van der Waals surface area contributed by atoms with Crippen LogP contribution in [0.2, 0.25) is 5.02 Å². The van der Waals surface area contributed by atoms with Gasteiger partial charge in [0.05, 0.1) is 17.4 Å². The minimum Gasteiger partial charge on any atom is -0.462 e. The number of nitrogens with zero attached hydrogens (tertiary/aromatic N) is 3. The number of para-hydroxylation sites is 1. The van der Waals surface area contributed by atoms with E-state index in [1.165, 1.54) is 28.0 Å². The highest BCUT2D eigenvalue weighted by Gasteiger charge is 2.41. The number of rotatable bonds is 9. The van der Waals surface area contributed by atoms with Crippen molar-refractivity contribution in [3.63, 3.8) is 0 Å². The number of anilines is 2.